The van der Waals surface area contributed by atoms with E-state index in [1.54, 1.807) is 6.20 Å². The molecule has 0 atom stereocenters. The van der Waals surface area contributed by atoms with E-state index < -0.39 is 0 Å². The first-order valence-corrected chi connectivity index (χ1v) is 7.48. The third-order valence-electron chi connectivity index (χ3n) is 3.90. The average molecular weight is 305 g/mol. The van der Waals surface area contributed by atoms with E-state index in [1.807, 2.05) is 40.0 Å². The van der Waals surface area contributed by atoms with E-state index in [0.29, 0.717) is 17.5 Å². The van der Waals surface area contributed by atoms with Crippen LogP contribution in [0.3, 0.4) is 0 Å². The molecule has 0 aliphatic carbocycles. The number of benzene rings is 1. The minimum Gasteiger partial charge on any atom is -0.342 e. The minimum absolute atomic E-state index is 0.175. The van der Waals surface area contributed by atoms with Gasteiger partial charge in [0.15, 0.2) is 0 Å². The molecule has 0 bridgehead atoms. The van der Waals surface area contributed by atoms with E-state index in [2.05, 4.69) is 10.3 Å². The van der Waals surface area contributed by atoms with Crippen LogP contribution in [0, 0.1) is 0 Å². The van der Waals surface area contributed by atoms with Crippen molar-refractivity contribution < 1.29 is 4.79 Å². The molecule has 1 saturated heterocycles. The summed E-state index contributed by atoms with van der Waals surface area (Å²) in [5, 5.41) is 8.57. The molecule has 5 nitrogen and oxygen atoms in total. The zero-order chi connectivity index (χ0) is 14.7. The molecule has 21 heavy (non-hydrogen) atoms. The van der Waals surface area contributed by atoms with Crippen molar-refractivity contribution in [2.45, 2.75) is 25.3 Å². The highest BCUT2D eigenvalue weighted by molar-refractivity contribution is 6.30. The Kier molecular flexibility index (Phi) is 4.20. The molecule has 110 valence electrons. The van der Waals surface area contributed by atoms with Gasteiger partial charge in [0.05, 0.1) is 18.7 Å². The first kappa shape index (κ1) is 14.1. The van der Waals surface area contributed by atoms with Gasteiger partial charge in [0.25, 0.3) is 0 Å². The van der Waals surface area contributed by atoms with Crippen LogP contribution < -0.4 is 0 Å². The fourth-order valence-corrected chi connectivity index (χ4v) is 2.81. The average Bonchev–Trinajstić information content (AvgIpc) is 3.04. The molecule has 1 fully saturated rings. The number of aromatic nitrogens is 3. The summed E-state index contributed by atoms with van der Waals surface area (Å²) in [5.74, 6) is 0.175. The molecule has 1 aromatic carbocycles. The predicted molar refractivity (Wildman–Crippen MR) is 80.0 cm³/mol. The van der Waals surface area contributed by atoms with Gasteiger partial charge in [-0.15, -0.1) is 5.10 Å². The van der Waals surface area contributed by atoms with E-state index in [9.17, 15) is 4.79 Å². The van der Waals surface area contributed by atoms with E-state index in [0.717, 1.165) is 31.5 Å². The molecule has 1 aliphatic heterocycles. The quantitative estimate of drug-likeness (QED) is 0.874. The summed E-state index contributed by atoms with van der Waals surface area (Å²) in [5.41, 5.74) is 1.00. The molecular weight excluding hydrogens is 288 g/mol. The van der Waals surface area contributed by atoms with Gasteiger partial charge in [-0.25, -0.2) is 4.68 Å². The van der Waals surface area contributed by atoms with Crippen LogP contribution in [0.1, 0.15) is 24.4 Å². The van der Waals surface area contributed by atoms with Gasteiger partial charge in [-0.2, -0.15) is 0 Å². The van der Waals surface area contributed by atoms with Crippen molar-refractivity contribution in [2.24, 2.45) is 0 Å². The highest BCUT2D eigenvalue weighted by Gasteiger charge is 2.24. The zero-order valence-electron chi connectivity index (χ0n) is 11.7. The Bertz CT molecular complexity index is 589. The van der Waals surface area contributed by atoms with E-state index in [1.165, 1.54) is 0 Å². The number of carbonyl (C=O) groups is 1. The second-order valence-electron chi connectivity index (χ2n) is 5.30. The monoisotopic (exact) mass is 304 g/mol. The lowest BCUT2D eigenvalue weighted by Gasteiger charge is -2.32. The van der Waals surface area contributed by atoms with Gasteiger partial charge in [0, 0.05) is 24.3 Å². The van der Waals surface area contributed by atoms with Crippen molar-refractivity contribution in [3.05, 3.63) is 47.2 Å². The maximum atomic E-state index is 12.3. The summed E-state index contributed by atoms with van der Waals surface area (Å²) in [4.78, 5) is 14.2. The molecule has 2 heterocycles. The van der Waals surface area contributed by atoms with E-state index in [-0.39, 0.29) is 5.91 Å². The topological polar surface area (TPSA) is 51.0 Å². The Labute approximate surface area is 128 Å². The summed E-state index contributed by atoms with van der Waals surface area (Å²) in [6.45, 7) is 1.55. The van der Waals surface area contributed by atoms with Crippen molar-refractivity contribution in [3.8, 4) is 0 Å². The van der Waals surface area contributed by atoms with Crippen LogP contribution in [-0.4, -0.2) is 38.9 Å². The molecule has 0 spiro atoms. The first-order chi connectivity index (χ1) is 10.2. The number of piperidine rings is 1. The standard InChI is InChI=1S/C15H17ClN4O/c16-13-3-1-12(2-4-13)11-15(21)19-8-5-14(6-9-19)20-10-7-17-18-20/h1-4,7,10,14H,5-6,8-9,11H2. The lowest BCUT2D eigenvalue weighted by atomic mass is 10.0. The number of halogens is 1. The summed E-state index contributed by atoms with van der Waals surface area (Å²) >= 11 is 5.85. The molecule has 0 unspecified atom stereocenters. The van der Waals surface area contributed by atoms with Crippen LogP contribution in [0.2, 0.25) is 5.02 Å². The molecule has 2 aromatic rings. The summed E-state index contributed by atoms with van der Waals surface area (Å²) < 4.78 is 1.89. The van der Waals surface area contributed by atoms with Crippen LogP contribution in [-0.2, 0) is 11.2 Å². The van der Waals surface area contributed by atoms with Crippen molar-refractivity contribution in [3.63, 3.8) is 0 Å². The Morgan fingerprint density at radius 1 is 1.24 bits per heavy atom. The molecule has 3 rings (SSSR count). The van der Waals surface area contributed by atoms with Gasteiger partial charge in [0.2, 0.25) is 5.91 Å². The van der Waals surface area contributed by atoms with Gasteiger partial charge in [-0.05, 0) is 30.5 Å². The fraction of sp³-hybridized carbons (Fsp3) is 0.400. The number of likely N-dealkylation sites (tertiary alicyclic amines) is 1. The van der Waals surface area contributed by atoms with Gasteiger partial charge in [-0.1, -0.05) is 28.9 Å². The molecule has 0 N–H and O–H groups in total. The Hall–Kier alpha value is -1.88. The largest absolute Gasteiger partial charge is 0.342 e. The molecular formula is C15H17ClN4O. The van der Waals surface area contributed by atoms with Crippen LogP contribution >= 0.6 is 11.6 Å². The SMILES string of the molecule is O=C(Cc1ccc(Cl)cc1)N1CCC(n2ccnn2)CC1. The lowest BCUT2D eigenvalue weighted by molar-refractivity contribution is -0.131. The van der Waals surface area contributed by atoms with Crippen LogP contribution in [0.5, 0.6) is 0 Å². The Morgan fingerprint density at radius 3 is 2.57 bits per heavy atom. The van der Waals surface area contributed by atoms with Crippen molar-refractivity contribution in [1.29, 1.82) is 0 Å². The molecule has 0 radical (unpaired) electrons. The minimum atomic E-state index is 0.175. The molecule has 6 heteroatoms. The van der Waals surface area contributed by atoms with Crippen molar-refractivity contribution in [1.82, 2.24) is 19.9 Å². The predicted octanol–water partition coefficient (Wildman–Crippen LogP) is 2.34. The first-order valence-electron chi connectivity index (χ1n) is 7.10. The molecule has 1 aromatic heterocycles. The van der Waals surface area contributed by atoms with Crippen molar-refractivity contribution >= 4 is 17.5 Å². The Balaban J connectivity index is 1.54. The maximum absolute atomic E-state index is 12.3. The number of nitrogens with zero attached hydrogens (tertiary/aromatic N) is 4. The normalized spacial score (nSPS) is 16.1. The molecule has 0 saturated carbocycles. The maximum Gasteiger partial charge on any atom is 0.226 e. The summed E-state index contributed by atoms with van der Waals surface area (Å²) in [6, 6.07) is 7.81. The third-order valence-corrected chi connectivity index (χ3v) is 4.15. The molecule has 1 amide bonds. The fourth-order valence-electron chi connectivity index (χ4n) is 2.68. The van der Waals surface area contributed by atoms with E-state index >= 15 is 0 Å². The summed E-state index contributed by atoms with van der Waals surface area (Å²) in [7, 11) is 0. The zero-order valence-corrected chi connectivity index (χ0v) is 12.4. The summed E-state index contributed by atoms with van der Waals surface area (Å²) in [6.07, 6.45) is 5.87. The van der Waals surface area contributed by atoms with Crippen LogP contribution in [0.25, 0.3) is 0 Å². The smallest absolute Gasteiger partial charge is 0.226 e. The third kappa shape index (κ3) is 3.42. The van der Waals surface area contributed by atoms with Crippen molar-refractivity contribution in [2.75, 3.05) is 13.1 Å². The number of hydrogen-bond donors (Lipinski definition) is 0. The second-order valence-corrected chi connectivity index (χ2v) is 5.73. The number of amides is 1. The molecule has 1 aliphatic rings. The number of carbonyl (C=O) groups excluding carboxylic acids is 1. The highest BCUT2D eigenvalue weighted by atomic mass is 35.5. The van der Waals surface area contributed by atoms with Crippen LogP contribution in [0.15, 0.2) is 36.7 Å². The van der Waals surface area contributed by atoms with E-state index in [4.69, 9.17) is 11.6 Å². The lowest BCUT2D eigenvalue weighted by Crippen LogP contribution is -2.40. The second kappa shape index (κ2) is 6.26. The van der Waals surface area contributed by atoms with Gasteiger partial charge in [0.1, 0.15) is 0 Å². The van der Waals surface area contributed by atoms with Gasteiger partial charge < -0.3 is 4.90 Å². The highest BCUT2D eigenvalue weighted by Crippen LogP contribution is 2.21. The number of rotatable bonds is 3. The van der Waals surface area contributed by atoms with Gasteiger partial charge >= 0.3 is 0 Å². The Morgan fingerprint density at radius 2 is 1.95 bits per heavy atom. The van der Waals surface area contributed by atoms with Crippen LogP contribution in [0.4, 0.5) is 0 Å². The number of hydrogen-bond acceptors (Lipinski definition) is 3. The van der Waals surface area contributed by atoms with Gasteiger partial charge in [-0.3, -0.25) is 4.79 Å².